The fourth-order valence-corrected chi connectivity index (χ4v) is 4.01. The Bertz CT molecular complexity index is 855. The molecule has 0 aliphatic heterocycles. The Morgan fingerprint density at radius 3 is 2.80 bits per heavy atom. The minimum absolute atomic E-state index is 0.309. The van der Waals surface area contributed by atoms with Gasteiger partial charge in [0, 0.05) is 13.7 Å². The highest BCUT2D eigenvalue weighted by molar-refractivity contribution is 7.26. The maximum absolute atomic E-state index is 12.1. The first kappa shape index (κ1) is 17.5. The highest BCUT2D eigenvalue weighted by atomic mass is 32.1. The number of aromatic nitrogens is 1. The van der Waals surface area contributed by atoms with Crippen molar-refractivity contribution in [2.75, 3.05) is 26.9 Å². The molecule has 0 unspecified atom stereocenters. The summed E-state index contributed by atoms with van der Waals surface area (Å²) in [6, 6.07) is 11.4. The molecule has 130 valence electrons. The molecule has 0 saturated heterocycles. The third-order valence-electron chi connectivity index (χ3n) is 3.27. The van der Waals surface area contributed by atoms with Gasteiger partial charge in [-0.25, -0.2) is 9.78 Å². The fraction of sp³-hybridized carbons (Fsp3) is 0.235. The summed E-state index contributed by atoms with van der Waals surface area (Å²) in [7, 11) is 1.55. The van der Waals surface area contributed by atoms with E-state index >= 15 is 0 Å². The molecule has 0 fully saturated rings. The monoisotopic (exact) mass is 376 g/mol. The molecule has 1 N–H and O–H groups in total. The summed E-state index contributed by atoms with van der Waals surface area (Å²) in [5.74, 6) is -0.868. The number of para-hydroxylation sites is 1. The van der Waals surface area contributed by atoms with E-state index in [-0.39, 0.29) is 12.5 Å². The number of amides is 1. The van der Waals surface area contributed by atoms with Crippen LogP contribution >= 0.6 is 22.7 Å². The van der Waals surface area contributed by atoms with Crippen LogP contribution in [0.2, 0.25) is 0 Å². The average Bonchev–Trinajstić information content (AvgIpc) is 3.26. The number of thiophene rings is 1. The van der Waals surface area contributed by atoms with E-state index in [2.05, 4.69) is 10.3 Å². The summed E-state index contributed by atoms with van der Waals surface area (Å²) in [5, 5.41) is 3.45. The number of hydrogen-bond donors (Lipinski definition) is 1. The Hall–Kier alpha value is -2.29. The van der Waals surface area contributed by atoms with Crippen molar-refractivity contribution in [2.45, 2.75) is 0 Å². The predicted octanol–water partition coefficient (Wildman–Crippen LogP) is 2.94. The minimum atomic E-state index is -0.515. The predicted molar refractivity (Wildman–Crippen MR) is 98.1 cm³/mol. The zero-order chi connectivity index (χ0) is 17.6. The molecule has 1 amide bonds. The van der Waals surface area contributed by atoms with Gasteiger partial charge in [0.1, 0.15) is 9.88 Å². The fourth-order valence-electron chi connectivity index (χ4n) is 2.09. The summed E-state index contributed by atoms with van der Waals surface area (Å²) >= 11 is 2.88. The molecule has 1 aromatic carbocycles. The van der Waals surface area contributed by atoms with Crippen LogP contribution in [0.5, 0.6) is 0 Å². The first-order valence-corrected chi connectivity index (χ1v) is 9.19. The summed E-state index contributed by atoms with van der Waals surface area (Å²) in [6.07, 6.45) is 0. The number of rotatable bonds is 7. The van der Waals surface area contributed by atoms with Crippen LogP contribution in [0.1, 0.15) is 9.67 Å². The molecule has 0 spiro atoms. The number of thiazole rings is 1. The summed E-state index contributed by atoms with van der Waals surface area (Å²) in [5.41, 5.74) is 0.938. The highest BCUT2D eigenvalue weighted by Crippen LogP contribution is 2.34. The molecule has 6 nitrogen and oxygen atoms in total. The van der Waals surface area contributed by atoms with Crippen molar-refractivity contribution in [1.82, 2.24) is 10.3 Å². The van der Waals surface area contributed by atoms with Gasteiger partial charge >= 0.3 is 5.97 Å². The molecule has 3 rings (SSSR count). The Morgan fingerprint density at radius 2 is 2.00 bits per heavy atom. The SMILES string of the molecule is COCCNC(=O)COC(=O)c1ccc(-c2nc3ccccc3s2)s1. The number of ether oxygens (including phenoxy) is 2. The largest absolute Gasteiger partial charge is 0.451 e. The van der Waals surface area contributed by atoms with Crippen LogP contribution in [-0.4, -0.2) is 43.7 Å². The average molecular weight is 376 g/mol. The van der Waals surface area contributed by atoms with E-state index in [0.29, 0.717) is 18.0 Å². The Morgan fingerprint density at radius 1 is 1.16 bits per heavy atom. The number of hydrogen-bond acceptors (Lipinski definition) is 7. The topological polar surface area (TPSA) is 77.5 Å². The minimum Gasteiger partial charge on any atom is -0.451 e. The van der Waals surface area contributed by atoms with Crippen molar-refractivity contribution in [2.24, 2.45) is 0 Å². The third kappa shape index (κ3) is 4.41. The third-order valence-corrected chi connectivity index (χ3v) is 5.55. The Labute approximate surface area is 152 Å². The normalized spacial score (nSPS) is 10.8. The number of nitrogens with zero attached hydrogens (tertiary/aromatic N) is 1. The van der Waals surface area contributed by atoms with Crippen LogP contribution in [-0.2, 0) is 14.3 Å². The van der Waals surface area contributed by atoms with Gasteiger partial charge in [0.05, 0.1) is 21.7 Å². The lowest BCUT2D eigenvalue weighted by Gasteiger charge is -2.04. The molecule has 25 heavy (non-hydrogen) atoms. The molecule has 2 heterocycles. The number of nitrogens with one attached hydrogen (secondary N) is 1. The first-order chi connectivity index (χ1) is 12.2. The second-order valence-corrected chi connectivity index (χ2v) is 7.18. The molecule has 0 saturated carbocycles. The first-order valence-electron chi connectivity index (χ1n) is 7.56. The van der Waals surface area contributed by atoms with E-state index in [1.165, 1.54) is 11.3 Å². The number of carbonyl (C=O) groups is 2. The summed E-state index contributed by atoms with van der Waals surface area (Å²) < 4.78 is 11.0. The standard InChI is InChI=1S/C17H16N2O4S2/c1-22-9-8-18-15(20)10-23-17(21)14-7-6-13(24-14)16-19-11-4-2-3-5-12(11)25-16/h2-7H,8-10H2,1H3,(H,18,20). The van der Waals surface area contributed by atoms with Gasteiger partial charge in [-0.15, -0.1) is 22.7 Å². The van der Waals surface area contributed by atoms with Crippen molar-refractivity contribution in [1.29, 1.82) is 0 Å². The van der Waals surface area contributed by atoms with Crippen LogP contribution in [0.15, 0.2) is 36.4 Å². The van der Waals surface area contributed by atoms with Gasteiger partial charge in [-0.05, 0) is 24.3 Å². The van der Waals surface area contributed by atoms with Gasteiger partial charge < -0.3 is 14.8 Å². The quantitative estimate of drug-likeness (QED) is 0.507. The molecule has 0 radical (unpaired) electrons. The van der Waals surface area contributed by atoms with Gasteiger partial charge in [-0.3, -0.25) is 4.79 Å². The van der Waals surface area contributed by atoms with E-state index in [4.69, 9.17) is 9.47 Å². The molecule has 0 atom stereocenters. The number of carbonyl (C=O) groups excluding carboxylic acids is 2. The van der Waals surface area contributed by atoms with Gasteiger partial charge in [-0.1, -0.05) is 12.1 Å². The van der Waals surface area contributed by atoms with Crippen molar-refractivity contribution in [3.8, 4) is 9.88 Å². The van der Waals surface area contributed by atoms with Crippen molar-refractivity contribution in [3.63, 3.8) is 0 Å². The summed E-state index contributed by atoms with van der Waals surface area (Å²) in [6.45, 7) is 0.487. The maximum atomic E-state index is 12.1. The smallest absolute Gasteiger partial charge is 0.348 e. The lowest BCUT2D eigenvalue weighted by molar-refractivity contribution is -0.124. The van der Waals surface area contributed by atoms with Crippen LogP contribution in [0.4, 0.5) is 0 Å². The highest BCUT2D eigenvalue weighted by Gasteiger charge is 2.15. The molecule has 0 bridgehead atoms. The second kappa shape index (κ2) is 8.19. The van der Waals surface area contributed by atoms with Gasteiger partial charge in [0.15, 0.2) is 6.61 Å². The van der Waals surface area contributed by atoms with E-state index in [0.717, 1.165) is 20.1 Å². The molecule has 0 aliphatic carbocycles. The molecular formula is C17H16N2O4S2. The number of esters is 1. The van der Waals surface area contributed by atoms with Gasteiger partial charge in [0.25, 0.3) is 5.91 Å². The second-order valence-electron chi connectivity index (χ2n) is 5.07. The maximum Gasteiger partial charge on any atom is 0.348 e. The van der Waals surface area contributed by atoms with Crippen LogP contribution in [0, 0.1) is 0 Å². The van der Waals surface area contributed by atoms with E-state index in [1.807, 2.05) is 30.3 Å². The molecular weight excluding hydrogens is 360 g/mol. The summed E-state index contributed by atoms with van der Waals surface area (Å²) in [4.78, 5) is 29.5. The zero-order valence-corrected chi connectivity index (χ0v) is 15.1. The van der Waals surface area contributed by atoms with Crippen molar-refractivity contribution in [3.05, 3.63) is 41.3 Å². The van der Waals surface area contributed by atoms with Crippen LogP contribution in [0.3, 0.4) is 0 Å². The Balaban J connectivity index is 1.60. The van der Waals surface area contributed by atoms with E-state index < -0.39 is 5.97 Å². The molecule has 8 heteroatoms. The molecule has 0 aliphatic rings. The van der Waals surface area contributed by atoms with E-state index in [9.17, 15) is 9.59 Å². The number of benzene rings is 1. The van der Waals surface area contributed by atoms with E-state index in [1.54, 1.807) is 24.5 Å². The number of fused-ring (bicyclic) bond motifs is 1. The van der Waals surface area contributed by atoms with Gasteiger partial charge in [-0.2, -0.15) is 0 Å². The Kier molecular flexibility index (Phi) is 5.75. The molecule has 3 aromatic rings. The van der Waals surface area contributed by atoms with Crippen LogP contribution in [0.25, 0.3) is 20.1 Å². The zero-order valence-electron chi connectivity index (χ0n) is 13.5. The van der Waals surface area contributed by atoms with Crippen LogP contribution < -0.4 is 5.32 Å². The molecule has 2 aromatic heterocycles. The number of methoxy groups -OCH3 is 1. The van der Waals surface area contributed by atoms with Crippen molar-refractivity contribution < 1.29 is 19.1 Å². The van der Waals surface area contributed by atoms with Crippen molar-refractivity contribution >= 4 is 44.8 Å². The van der Waals surface area contributed by atoms with Gasteiger partial charge in [0.2, 0.25) is 0 Å². The lowest BCUT2D eigenvalue weighted by Crippen LogP contribution is -2.31. The lowest BCUT2D eigenvalue weighted by atomic mass is 10.3.